The molecule has 0 amide bonds. The zero-order chi connectivity index (χ0) is 72.3. The fraction of sp³-hybridized carbons (Fsp3) is 0.404. The molecule has 0 spiro atoms. The molecule has 0 atom stereocenters. The van der Waals surface area contributed by atoms with Crippen molar-refractivity contribution < 1.29 is 8.83 Å². The molecule has 2 nitrogen and oxygen atoms in total. The maximum Gasteiger partial charge on any atom is 0.143 e. The summed E-state index contributed by atoms with van der Waals surface area (Å²) in [7, 11) is 0. The summed E-state index contributed by atoms with van der Waals surface area (Å²) in [5.41, 5.74) is 32.2. The zero-order valence-corrected chi connectivity index (χ0v) is 65.4. The Morgan fingerprint density at radius 1 is 0.217 bits per heavy atom. The Morgan fingerprint density at radius 2 is 0.481 bits per heavy atom. The molecule has 0 saturated carbocycles. The zero-order valence-electron chi connectivity index (χ0n) is 65.4. The predicted octanol–water partition coefficient (Wildman–Crippen LogP) is 32.1. The monoisotopic (exact) mass is 1390 g/mol. The maximum absolute atomic E-state index is 6.90. The Labute approximate surface area is 633 Å². The second-order valence-corrected chi connectivity index (χ2v) is 34.4. The molecule has 13 aromatic rings. The van der Waals surface area contributed by atoms with Crippen LogP contribution in [0.3, 0.4) is 0 Å². The third-order valence-corrected chi connectivity index (χ3v) is 27.2. The van der Waals surface area contributed by atoms with Gasteiger partial charge in [-0.2, -0.15) is 0 Å². The molecule has 0 N–H and O–H groups in total. The molecule has 0 unspecified atom stereocenters. The third-order valence-electron chi connectivity index (χ3n) is 27.2. The Kier molecular flexibility index (Phi) is 19.5. The summed E-state index contributed by atoms with van der Waals surface area (Å²) in [5.74, 6) is 0. The van der Waals surface area contributed by atoms with E-state index in [4.69, 9.17) is 8.83 Å². The molecular formula is C104H114O2. The van der Waals surface area contributed by atoms with Gasteiger partial charge in [0, 0.05) is 54.3 Å². The van der Waals surface area contributed by atoms with Crippen molar-refractivity contribution in [3.05, 3.63) is 226 Å². The molecule has 542 valence electrons. The van der Waals surface area contributed by atoms with Crippen LogP contribution in [0.5, 0.6) is 0 Å². The average Bonchev–Trinajstić information content (AvgIpc) is 1.55. The van der Waals surface area contributed by atoms with E-state index in [1.54, 1.807) is 33.4 Å². The van der Waals surface area contributed by atoms with E-state index < -0.39 is 0 Å². The van der Waals surface area contributed by atoms with Crippen LogP contribution in [-0.2, 0) is 21.7 Å². The van der Waals surface area contributed by atoms with E-state index in [1.807, 2.05) is 0 Å². The number of benzene rings is 11. The second kappa shape index (κ2) is 29.3. The fourth-order valence-corrected chi connectivity index (χ4v) is 21.5. The maximum atomic E-state index is 6.90. The quantitative estimate of drug-likeness (QED) is 0.0393. The van der Waals surface area contributed by atoms with Crippen LogP contribution in [-0.4, -0.2) is 0 Å². The number of fused-ring (bicyclic) bond motifs is 22. The molecular weight excluding hydrogens is 1280 g/mol. The van der Waals surface area contributed by atoms with E-state index in [2.05, 4.69) is 237 Å². The molecule has 4 aliphatic rings. The van der Waals surface area contributed by atoms with Gasteiger partial charge in [0.2, 0.25) is 0 Å². The van der Waals surface area contributed by atoms with E-state index in [0.29, 0.717) is 0 Å². The largest absolute Gasteiger partial charge is 0.455 e. The van der Waals surface area contributed by atoms with Gasteiger partial charge in [0.25, 0.3) is 0 Å². The summed E-state index contributed by atoms with van der Waals surface area (Å²) >= 11 is 0. The molecule has 2 heteroatoms. The highest BCUT2D eigenvalue weighted by Crippen LogP contribution is 2.66. The molecule has 2 heterocycles. The van der Waals surface area contributed by atoms with E-state index in [0.717, 1.165) is 22.3 Å². The number of hydrogen-bond donors (Lipinski definition) is 0. The molecule has 17 rings (SSSR count). The van der Waals surface area contributed by atoms with Gasteiger partial charge in [-0.1, -0.05) is 344 Å². The van der Waals surface area contributed by atoms with Crippen LogP contribution in [0.25, 0.3) is 132 Å². The summed E-state index contributed by atoms with van der Waals surface area (Å²) in [6, 6.07) is 72.0. The van der Waals surface area contributed by atoms with Gasteiger partial charge in [-0.3, -0.25) is 0 Å². The average molecular weight is 1400 g/mol. The highest BCUT2D eigenvalue weighted by Gasteiger charge is 2.51. The molecule has 0 bridgehead atoms. The van der Waals surface area contributed by atoms with Crippen molar-refractivity contribution in [2.75, 3.05) is 0 Å². The Balaban J connectivity index is 0.880. The lowest BCUT2D eigenvalue weighted by molar-refractivity contribution is 0.394. The van der Waals surface area contributed by atoms with Crippen LogP contribution in [0.4, 0.5) is 0 Å². The lowest BCUT2D eigenvalue weighted by Gasteiger charge is -2.35. The molecule has 4 aliphatic carbocycles. The highest BCUT2D eigenvalue weighted by molar-refractivity contribution is 6.17. The first-order chi connectivity index (χ1) is 51.9. The number of hydrogen-bond acceptors (Lipinski definition) is 2. The minimum atomic E-state index is -0.274. The minimum absolute atomic E-state index is 0.142. The standard InChI is InChI=1S/C104H114O2/c1-9-13-17-21-25-29-41-59-104(60-42-30-26-22-18-14-10-2)90-66-83-81-63-87-85(97-73-49-33-31-45-69(73)79(61-93(97)101(87,5)6)77-53-43-51-75-71-47-35-37-55-95(71)105-99(75)77)67-91(81)103(57-39-27-23-19-15-11-3,58-40-28-24-20-16-12-4)89(83)65-84(90)82-64-88-86(68-92(82)104)98-74-50-34-32-46-70(74)80(62-94(98)102(88,7)8)78-54-44-52-76-72-48-36-38-56-96(72)106-100(76)78/h31-38,43-56,61-68H,9-30,39-42,57-60H2,1-8H3. The van der Waals surface area contributed by atoms with Gasteiger partial charge in [0.1, 0.15) is 22.3 Å². The second-order valence-electron chi connectivity index (χ2n) is 34.4. The van der Waals surface area contributed by atoms with Crippen molar-refractivity contribution >= 4 is 65.4 Å². The minimum Gasteiger partial charge on any atom is -0.455 e. The van der Waals surface area contributed by atoms with Crippen molar-refractivity contribution in [3.63, 3.8) is 0 Å². The first kappa shape index (κ1) is 70.5. The van der Waals surface area contributed by atoms with Gasteiger partial charge in [-0.05, 0) is 208 Å². The predicted molar refractivity (Wildman–Crippen MR) is 456 cm³/mol. The summed E-state index contributed by atoms with van der Waals surface area (Å²) in [5, 5.41) is 10.0. The van der Waals surface area contributed by atoms with Crippen LogP contribution < -0.4 is 0 Å². The van der Waals surface area contributed by atoms with Crippen molar-refractivity contribution in [2.45, 2.75) is 270 Å². The molecule has 0 saturated heterocycles. The first-order valence-corrected chi connectivity index (χ1v) is 42.5. The van der Waals surface area contributed by atoms with Gasteiger partial charge in [0.05, 0.1) is 0 Å². The molecule has 11 aromatic carbocycles. The van der Waals surface area contributed by atoms with Crippen LogP contribution in [0.1, 0.15) is 293 Å². The van der Waals surface area contributed by atoms with Crippen LogP contribution in [0, 0.1) is 0 Å². The summed E-state index contributed by atoms with van der Waals surface area (Å²) < 4.78 is 13.8. The van der Waals surface area contributed by atoms with Gasteiger partial charge in [-0.15, -0.1) is 0 Å². The third kappa shape index (κ3) is 11.8. The fourth-order valence-electron chi connectivity index (χ4n) is 21.5. The molecule has 0 aliphatic heterocycles. The highest BCUT2D eigenvalue weighted by atomic mass is 16.3. The van der Waals surface area contributed by atoms with Crippen molar-refractivity contribution in [3.8, 4) is 66.8 Å². The van der Waals surface area contributed by atoms with E-state index in [-0.39, 0.29) is 21.7 Å². The number of unbranched alkanes of at least 4 members (excludes halogenated alkanes) is 22. The Morgan fingerprint density at radius 3 is 0.821 bits per heavy atom. The van der Waals surface area contributed by atoms with Crippen LogP contribution in [0.2, 0.25) is 0 Å². The van der Waals surface area contributed by atoms with E-state index in [9.17, 15) is 0 Å². The van der Waals surface area contributed by atoms with E-state index >= 15 is 0 Å². The SMILES string of the molecule is CCCCCCCCCC1(CCCCCCCCC)c2cc3c(cc2-c2cc4c(cc21)-c1cc2c(cc1C4(CCCCCCCC)CCCCCCCC)-c1c(cc(-c4cccc5c4oc4ccccc45)c4ccccc14)C2(C)C)C(C)(C)c1cc(-c2cccc4c2oc2ccccc24)c2ccccc2c1-3. The summed E-state index contributed by atoms with van der Waals surface area (Å²) in [6.45, 7) is 19.7. The lowest BCUT2D eigenvalue weighted by atomic mass is 9.68. The first-order valence-electron chi connectivity index (χ1n) is 42.5. The molecule has 106 heavy (non-hydrogen) atoms. The van der Waals surface area contributed by atoms with Crippen molar-refractivity contribution in [1.82, 2.24) is 0 Å². The normalized spacial score (nSPS) is 15.1. The number of para-hydroxylation sites is 4. The van der Waals surface area contributed by atoms with Crippen molar-refractivity contribution in [1.29, 1.82) is 0 Å². The Bertz CT molecular complexity index is 5420. The topological polar surface area (TPSA) is 26.3 Å². The Hall–Kier alpha value is -8.46. The number of rotatable bonds is 32. The number of furan rings is 2. The van der Waals surface area contributed by atoms with Crippen LogP contribution >= 0.6 is 0 Å². The van der Waals surface area contributed by atoms with Gasteiger partial charge in [-0.25, -0.2) is 0 Å². The smallest absolute Gasteiger partial charge is 0.143 e. The van der Waals surface area contributed by atoms with E-state index in [1.165, 1.54) is 314 Å². The van der Waals surface area contributed by atoms with Gasteiger partial charge in [0.15, 0.2) is 0 Å². The van der Waals surface area contributed by atoms with Crippen molar-refractivity contribution in [2.24, 2.45) is 0 Å². The van der Waals surface area contributed by atoms with Gasteiger partial charge >= 0.3 is 0 Å². The lowest BCUT2D eigenvalue weighted by Crippen LogP contribution is -2.27. The van der Waals surface area contributed by atoms with Gasteiger partial charge < -0.3 is 8.83 Å². The molecule has 0 fully saturated rings. The van der Waals surface area contributed by atoms with Crippen LogP contribution in [0.15, 0.2) is 191 Å². The summed E-state index contributed by atoms with van der Waals surface area (Å²) in [4.78, 5) is 0. The molecule has 0 radical (unpaired) electrons. The molecule has 2 aromatic heterocycles. The summed E-state index contributed by atoms with van der Waals surface area (Å²) in [6.07, 6.45) is 38.6.